The molecule has 0 aromatic carbocycles. The Bertz CT molecular complexity index is 257. The maximum atomic E-state index is 9.40. The van der Waals surface area contributed by atoms with Gasteiger partial charge >= 0.3 is 0 Å². The second-order valence-corrected chi connectivity index (χ2v) is 12.2. The lowest BCUT2D eigenvalue weighted by molar-refractivity contribution is -0.00929. The summed E-state index contributed by atoms with van der Waals surface area (Å²) < 4.78 is 6.40. The van der Waals surface area contributed by atoms with Crippen molar-refractivity contribution in [3.05, 3.63) is 0 Å². The first kappa shape index (κ1) is 16.2. The van der Waals surface area contributed by atoms with Gasteiger partial charge < -0.3 is 14.6 Å². The van der Waals surface area contributed by atoms with E-state index in [1.54, 1.807) is 0 Å². The molecule has 1 saturated carbocycles. The zero-order valence-electron chi connectivity index (χ0n) is 12.6. The Morgan fingerprint density at radius 2 is 1.56 bits per heavy atom. The van der Waals surface area contributed by atoms with E-state index in [0.717, 1.165) is 25.7 Å². The van der Waals surface area contributed by atoms with E-state index in [-0.39, 0.29) is 23.7 Å². The van der Waals surface area contributed by atoms with E-state index in [0.29, 0.717) is 6.10 Å². The Morgan fingerprint density at radius 3 is 1.89 bits per heavy atom. The molecule has 0 aromatic heterocycles. The Labute approximate surface area is 113 Å². The van der Waals surface area contributed by atoms with Crippen LogP contribution in [0.5, 0.6) is 0 Å². The van der Waals surface area contributed by atoms with Crippen LogP contribution >= 0.6 is 0 Å². The number of hydrogen-bond acceptors (Lipinski definition) is 3. The molecule has 0 radical (unpaired) electrons. The lowest BCUT2D eigenvalue weighted by Gasteiger charge is -2.43. The van der Waals surface area contributed by atoms with Gasteiger partial charge in [0.2, 0.25) is 0 Å². The van der Waals surface area contributed by atoms with Gasteiger partial charge in [-0.25, -0.2) is 0 Å². The van der Waals surface area contributed by atoms with Gasteiger partial charge in [-0.05, 0) is 43.8 Å². The predicted molar refractivity (Wildman–Crippen MR) is 77.1 cm³/mol. The molecule has 1 fully saturated rings. The van der Waals surface area contributed by atoms with Crippen LogP contribution in [0.1, 0.15) is 46.5 Å². The summed E-state index contributed by atoms with van der Waals surface area (Å²) in [5.41, 5.74) is -0.257. The second-order valence-electron chi connectivity index (χ2n) is 7.39. The maximum absolute atomic E-state index is 9.40. The zero-order valence-corrected chi connectivity index (χ0v) is 13.6. The molecule has 0 atom stereocenters. The van der Waals surface area contributed by atoms with Crippen LogP contribution in [0.25, 0.3) is 0 Å². The molecule has 0 bridgehead atoms. The van der Waals surface area contributed by atoms with Gasteiger partial charge in [-0.2, -0.15) is 0 Å². The highest BCUT2D eigenvalue weighted by Gasteiger charge is 2.41. The fraction of sp³-hybridized carbons (Fsp3) is 1.00. The van der Waals surface area contributed by atoms with Crippen LogP contribution in [0, 0.1) is 5.41 Å². The monoisotopic (exact) mass is 274 g/mol. The average Bonchev–Trinajstić information content (AvgIpc) is 2.29. The fourth-order valence-corrected chi connectivity index (χ4v) is 3.70. The first-order valence-corrected chi connectivity index (χ1v) is 9.96. The first-order chi connectivity index (χ1) is 8.16. The average molecular weight is 274 g/mol. The van der Waals surface area contributed by atoms with E-state index in [2.05, 4.69) is 33.9 Å². The van der Waals surface area contributed by atoms with E-state index >= 15 is 0 Å². The second kappa shape index (κ2) is 5.61. The van der Waals surface area contributed by atoms with Gasteiger partial charge in [0.15, 0.2) is 8.32 Å². The van der Waals surface area contributed by atoms with Crippen LogP contribution in [-0.2, 0) is 4.43 Å². The minimum atomic E-state index is -1.68. The van der Waals surface area contributed by atoms with Gasteiger partial charge in [0.05, 0.1) is 13.2 Å². The lowest BCUT2D eigenvalue weighted by Crippen LogP contribution is -2.46. The SMILES string of the molecule is CC(C)(C)[Si](C)(C)OC1CCC(CO)(CO)CC1. The molecule has 1 rings (SSSR count). The summed E-state index contributed by atoms with van der Waals surface area (Å²) in [6.45, 7) is 11.5. The number of hydrogen-bond donors (Lipinski definition) is 2. The van der Waals surface area contributed by atoms with Crippen LogP contribution in [0.2, 0.25) is 18.1 Å². The Morgan fingerprint density at radius 1 is 1.11 bits per heavy atom. The molecule has 0 saturated heterocycles. The van der Waals surface area contributed by atoms with E-state index < -0.39 is 8.32 Å². The third-order valence-corrected chi connectivity index (χ3v) is 9.47. The van der Waals surface area contributed by atoms with Gasteiger partial charge in [-0.1, -0.05) is 20.8 Å². The lowest BCUT2D eigenvalue weighted by atomic mass is 9.74. The van der Waals surface area contributed by atoms with E-state index in [4.69, 9.17) is 4.43 Å². The molecule has 0 aliphatic heterocycles. The molecule has 0 amide bonds. The minimum absolute atomic E-state index is 0.0936. The highest BCUT2D eigenvalue weighted by Crippen LogP contribution is 2.42. The van der Waals surface area contributed by atoms with E-state index in [1.165, 1.54) is 0 Å². The van der Waals surface area contributed by atoms with Gasteiger partial charge in [0.25, 0.3) is 0 Å². The highest BCUT2D eigenvalue weighted by atomic mass is 28.4. The maximum Gasteiger partial charge on any atom is 0.192 e. The molecule has 4 heteroatoms. The molecular weight excluding hydrogens is 244 g/mol. The third kappa shape index (κ3) is 3.56. The summed E-state index contributed by atoms with van der Waals surface area (Å²) in [4.78, 5) is 0. The standard InChI is InChI=1S/C14H30O3Si/c1-13(2,3)18(4,5)17-12-6-8-14(10-15,11-16)9-7-12/h12,15-16H,6-11H2,1-5H3. The summed E-state index contributed by atoms with van der Waals surface area (Å²) in [6.07, 6.45) is 4.00. The molecule has 18 heavy (non-hydrogen) atoms. The van der Waals surface area contributed by atoms with Crippen molar-refractivity contribution in [1.82, 2.24) is 0 Å². The largest absolute Gasteiger partial charge is 0.414 e. The van der Waals surface area contributed by atoms with Gasteiger partial charge in [0.1, 0.15) is 0 Å². The highest BCUT2D eigenvalue weighted by molar-refractivity contribution is 6.74. The van der Waals surface area contributed by atoms with E-state index in [1.807, 2.05) is 0 Å². The van der Waals surface area contributed by atoms with Crippen molar-refractivity contribution >= 4 is 8.32 Å². The molecule has 3 nitrogen and oxygen atoms in total. The third-order valence-electron chi connectivity index (χ3n) is 4.93. The molecule has 1 aliphatic rings. The molecule has 108 valence electrons. The van der Waals surface area contributed by atoms with Gasteiger partial charge in [0, 0.05) is 11.5 Å². The minimum Gasteiger partial charge on any atom is -0.414 e. The van der Waals surface area contributed by atoms with Gasteiger partial charge in [-0.3, -0.25) is 0 Å². The summed E-state index contributed by atoms with van der Waals surface area (Å²) in [5.74, 6) is 0. The molecule has 0 aromatic rings. The van der Waals surface area contributed by atoms with Crippen LogP contribution in [-0.4, -0.2) is 37.8 Å². The van der Waals surface area contributed by atoms with Crippen molar-refractivity contribution in [1.29, 1.82) is 0 Å². The Hall–Kier alpha value is 0.0969. The fourth-order valence-electron chi connectivity index (χ4n) is 2.28. The van der Waals surface area contributed by atoms with Crippen LogP contribution in [0.3, 0.4) is 0 Å². The Balaban J connectivity index is 2.55. The normalized spacial score (nSPS) is 22.2. The first-order valence-electron chi connectivity index (χ1n) is 7.05. The molecule has 0 unspecified atom stereocenters. The van der Waals surface area contributed by atoms with Crippen LogP contribution in [0.15, 0.2) is 0 Å². The number of aliphatic hydroxyl groups is 2. The summed E-state index contributed by atoms with van der Waals surface area (Å²) in [5, 5.41) is 19.0. The van der Waals surface area contributed by atoms with E-state index in [9.17, 15) is 10.2 Å². The topological polar surface area (TPSA) is 49.7 Å². The van der Waals surface area contributed by atoms with Crippen LogP contribution in [0.4, 0.5) is 0 Å². The van der Waals surface area contributed by atoms with Crippen molar-refractivity contribution in [3.63, 3.8) is 0 Å². The van der Waals surface area contributed by atoms with Crippen molar-refractivity contribution in [2.75, 3.05) is 13.2 Å². The van der Waals surface area contributed by atoms with Crippen molar-refractivity contribution < 1.29 is 14.6 Å². The summed E-state index contributed by atoms with van der Waals surface area (Å²) >= 11 is 0. The summed E-state index contributed by atoms with van der Waals surface area (Å²) in [6, 6.07) is 0. The van der Waals surface area contributed by atoms with Crippen molar-refractivity contribution in [2.24, 2.45) is 5.41 Å². The molecule has 0 heterocycles. The van der Waals surface area contributed by atoms with Gasteiger partial charge in [-0.15, -0.1) is 0 Å². The zero-order chi connectivity index (χ0) is 14.0. The molecule has 2 N–H and O–H groups in total. The van der Waals surface area contributed by atoms with Crippen LogP contribution < -0.4 is 0 Å². The Kier molecular flexibility index (Phi) is 5.04. The smallest absolute Gasteiger partial charge is 0.192 e. The quantitative estimate of drug-likeness (QED) is 0.775. The van der Waals surface area contributed by atoms with Crippen molar-refractivity contribution in [2.45, 2.75) is 70.7 Å². The van der Waals surface area contributed by atoms with Crippen molar-refractivity contribution in [3.8, 4) is 0 Å². The molecular formula is C14H30O3Si. The summed E-state index contributed by atoms with van der Waals surface area (Å²) in [7, 11) is -1.68. The number of aliphatic hydroxyl groups excluding tert-OH is 2. The number of rotatable bonds is 4. The predicted octanol–water partition coefficient (Wildman–Crippen LogP) is 2.92. The molecule has 0 spiro atoms. The molecule has 1 aliphatic carbocycles.